The van der Waals surface area contributed by atoms with Crippen LogP contribution >= 0.6 is 0 Å². The van der Waals surface area contributed by atoms with Crippen LogP contribution < -0.4 is 14.8 Å². The van der Waals surface area contributed by atoms with E-state index in [4.69, 9.17) is 4.74 Å². The van der Waals surface area contributed by atoms with Crippen LogP contribution in [0.2, 0.25) is 0 Å². The van der Waals surface area contributed by atoms with Gasteiger partial charge < -0.3 is 19.5 Å². The second-order valence-corrected chi connectivity index (χ2v) is 14.8. The van der Waals surface area contributed by atoms with Crippen molar-refractivity contribution >= 4 is 38.8 Å². The molecule has 0 radical (unpaired) electrons. The van der Waals surface area contributed by atoms with E-state index in [1.54, 1.807) is 19.2 Å². The summed E-state index contributed by atoms with van der Waals surface area (Å²) >= 11 is 0. The quantitative estimate of drug-likeness (QED) is 0.394. The zero-order valence-electron chi connectivity index (χ0n) is 27.1. The van der Waals surface area contributed by atoms with Gasteiger partial charge in [-0.2, -0.15) is 12.7 Å². The van der Waals surface area contributed by atoms with E-state index >= 15 is 0 Å². The number of rotatable bonds is 6. The molecule has 242 valence electrons. The number of likely N-dealkylation sites (N-methyl/N-ethyl adjacent to an activating group) is 1. The van der Waals surface area contributed by atoms with Crippen molar-refractivity contribution in [1.29, 1.82) is 0 Å². The van der Waals surface area contributed by atoms with Gasteiger partial charge >= 0.3 is 22.0 Å². The van der Waals surface area contributed by atoms with E-state index < -0.39 is 33.5 Å². The van der Waals surface area contributed by atoms with E-state index in [0.717, 1.165) is 57.7 Å². The average Bonchev–Trinajstić information content (AvgIpc) is 3.28. The van der Waals surface area contributed by atoms with E-state index in [0.29, 0.717) is 12.3 Å². The molecular weight excluding hydrogens is 594 g/mol. The summed E-state index contributed by atoms with van der Waals surface area (Å²) in [6, 6.07) is 11.3. The molecule has 12 heteroatoms. The molecule has 2 N–H and O–H groups in total. The number of amides is 3. The molecule has 1 saturated carbocycles. The van der Waals surface area contributed by atoms with Crippen LogP contribution in [0.25, 0.3) is 22.2 Å². The van der Waals surface area contributed by atoms with Gasteiger partial charge in [0.15, 0.2) is 0 Å². The molecule has 2 aromatic carbocycles. The molecule has 11 nitrogen and oxygen atoms in total. The minimum absolute atomic E-state index is 0.198. The van der Waals surface area contributed by atoms with E-state index in [-0.39, 0.29) is 17.4 Å². The molecule has 1 fully saturated rings. The highest BCUT2D eigenvalue weighted by atomic mass is 32.2. The average molecular weight is 638 g/mol. The van der Waals surface area contributed by atoms with Crippen LogP contribution in [0.1, 0.15) is 79.3 Å². The molecule has 3 amide bonds. The molecular formula is C33H43N5O6S. The highest BCUT2D eigenvalue weighted by molar-refractivity contribution is 7.87. The molecule has 45 heavy (non-hydrogen) atoms. The summed E-state index contributed by atoms with van der Waals surface area (Å²) in [6.45, 7) is 4.28. The molecule has 5 rings (SSSR count). The van der Waals surface area contributed by atoms with Crippen molar-refractivity contribution in [3.05, 3.63) is 53.1 Å². The number of aromatic nitrogens is 1. The number of carbonyl (C=O) groups is 3. The zero-order chi connectivity index (χ0) is 32.8. The van der Waals surface area contributed by atoms with Crippen molar-refractivity contribution in [3.63, 3.8) is 0 Å². The number of ether oxygens (including phenoxy) is 1. The van der Waals surface area contributed by atoms with Crippen molar-refractivity contribution < 1.29 is 27.5 Å². The molecule has 2 heterocycles. The molecule has 1 aliphatic heterocycles. The molecule has 0 bridgehead atoms. The van der Waals surface area contributed by atoms with Crippen LogP contribution in [0.4, 0.5) is 0 Å². The van der Waals surface area contributed by atoms with Gasteiger partial charge in [-0.3, -0.25) is 14.4 Å². The van der Waals surface area contributed by atoms with Crippen LogP contribution in [0, 0.1) is 0 Å². The number of nitrogens with zero attached hydrogens (tertiary/aromatic N) is 3. The predicted molar refractivity (Wildman–Crippen MR) is 173 cm³/mol. The summed E-state index contributed by atoms with van der Waals surface area (Å²) < 4.78 is 35.8. The highest BCUT2D eigenvalue weighted by Gasteiger charge is 2.42. The van der Waals surface area contributed by atoms with Crippen LogP contribution in [-0.2, 0) is 26.3 Å². The summed E-state index contributed by atoms with van der Waals surface area (Å²) in [5, 5.41) is 4.05. The van der Waals surface area contributed by atoms with Crippen molar-refractivity contribution in [2.24, 2.45) is 0 Å². The third-order valence-corrected chi connectivity index (χ3v) is 10.9. The van der Waals surface area contributed by atoms with Crippen LogP contribution in [0.3, 0.4) is 0 Å². The third kappa shape index (κ3) is 5.93. The lowest BCUT2D eigenvalue weighted by Gasteiger charge is -2.36. The second-order valence-electron chi connectivity index (χ2n) is 12.9. The monoisotopic (exact) mass is 637 g/mol. The van der Waals surface area contributed by atoms with Crippen LogP contribution in [-0.4, -0.2) is 80.8 Å². The van der Waals surface area contributed by atoms with Gasteiger partial charge in [-0.15, -0.1) is 0 Å². The lowest BCUT2D eigenvalue weighted by atomic mass is 9.78. The number of hydrogen-bond donors (Lipinski definition) is 2. The van der Waals surface area contributed by atoms with Crippen LogP contribution in [0.5, 0.6) is 5.75 Å². The molecule has 0 saturated heterocycles. The Bertz CT molecular complexity index is 1770. The Morgan fingerprint density at radius 3 is 2.31 bits per heavy atom. The smallest absolute Gasteiger partial charge is 0.311 e. The zero-order valence-corrected chi connectivity index (χ0v) is 27.9. The van der Waals surface area contributed by atoms with E-state index in [2.05, 4.69) is 20.7 Å². The maximum absolute atomic E-state index is 13.3. The second kappa shape index (κ2) is 12.1. The van der Waals surface area contributed by atoms with Gasteiger partial charge in [0.2, 0.25) is 0 Å². The van der Waals surface area contributed by atoms with Gasteiger partial charge in [0.25, 0.3) is 5.91 Å². The number of methoxy groups -OCH3 is 1. The SMILES string of the molecule is COc1ccc2c(c1)C(C)C(C)(NC(=O)C(=O)N(C)C)Cn1c-2c(C2CCCCC2)c2ccc(C(=O)NS(=O)(=O)N(C)C)cc21. The maximum Gasteiger partial charge on any atom is 0.311 e. The Morgan fingerprint density at radius 2 is 1.69 bits per heavy atom. The summed E-state index contributed by atoms with van der Waals surface area (Å²) in [4.78, 5) is 40.5. The highest BCUT2D eigenvalue weighted by Crippen LogP contribution is 2.50. The van der Waals surface area contributed by atoms with Crippen molar-refractivity contribution in [2.45, 2.75) is 69.9 Å². The van der Waals surface area contributed by atoms with Crippen molar-refractivity contribution in [2.75, 3.05) is 35.3 Å². The number of carbonyl (C=O) groups excluding carboxylic acids is 3. The third-order valence-electron chi connectivity index (χ3n) is 9.50. The summed E-state index contributed by atoms with van der Waals surface area (Å²) in [5.41, 5.74) is 4.20. The van der Waals surface area contributed by atoms with Crippen molar-refractivity contribution in [3.8, 4) is 17.0 Å². The first kappa shape index (κ1) is 32.5. The minimum Gasteiger partial charge on any atom is -0.497 e. The minimum atomic E-state index is -4.00. The number of fused-ring (bicyclic) bond motifs is 5. The molecule has 3 aromatic rings. The Hall–Kier alpha value is -3.90. The lowest BCUT2D eigenvalue weighted by Crippen LogP contribution is -2.55. The Kier molecular flexibility index (Phi) is 8.76. The molecule has 0 spiro atoms. The predicted octanol–water partition coefficient (Wildman–Crippen LogP) is 3.98. The fourth-order valence-corrected chi connectivity index (χ4v) is 7.29. The number of hydrogen-bond acceptors (Lipinski definition) is 6. The van der Waals surface area contributed by atoms with Crippen LogP contribution in [0.15, 0.2) is 36.4 Å². The Balaban J connectivity index is 1.78. The Morgan fingerprint density at radius 1 is 1.00 bits per heavy atom. The first-order valence-corrected chi connectivity index (χ1v) is 16.8. The maximum atomic E-state index is 13.3. The number of benzene rings is 2. The van der Waals surface area contributed by atoms with Gasteiger partial charge in [-0.05, 0) is 67.1 Å². The van der Waals surface area contributed by atoms with Crippen molar-refractivity contribution in [1.82, 2.24) is 23.8 Å². The summed E-state index contributed by atoms with van der Waals surface area (Å²) in [5.74, 6) is -1.37. The first-order valence-electron chi connectivity index (χ1n) is 15.3. The molecule has 2 unspecified atom stereocenters. The molecule has 2 aliphatic rings. The topological polar surface area (TPSA) is 130 Å². The van der Waals surface area contributed by atoms with Gasteiger partial charge in [-0.25, -0.2) is 4.72 Å². The standard InChI is InChI=1S/C33H43N5O6S/c1-20-26-18-23(44-7)14-16-24(26)29-28(21-11-9-8-10-12-21)25-15-13-22(30(39)35-45(42,43)37(5)6)17-27(25)38(29)19-33(20,2)34-31(40)32(41)36(3)4/h13-18,20-21H,8-12,19H2,1-7H3,(H,34,40)(H,35,39). The van der Waals surface area contributed by atoms with E-state index in [1.165, 1.54) is 45.1 Å². The Labute approximate surface area is 265 Å². The van der Waals surface area contributed by atoms with E-state index in [9.17, 15) is 22.8 Å². The molecule has 2 atom stereocenters. The fourth-order valence-electron chi connectivity index (χ4n) is 6.76. The summed E-state index contributed by atoms with van der Waals surface area (Å²) in [6.07, 6.45) is 5.48. The van der Waals surface area contributed by atoms with Gasteiger partial charge in [-0.1, -0.05) is 32.3 Å². The first-order chi connectivity index (χ1) is 21.2. The van der Waals surface area contributed by atoms with Gasteiger partial charge in [0.05, 0.1) is 18.3 Å². The largest absolute Gasteiger partial charge is 0.497 e. The summed E-state index contributed by atoms with van der Waals surface area (Å²) in [7, 11) is 3.40. The van der Waals surface area contributed by atoms with Gasteiger partial charge in [0.1, 0.15) is 5.75 Å². The number of nitrogens with one attached hydrogen (secondary N) is 2. The fraction of sp³-hybridized carbons (Fsp3) is 0.485. The molecule has 1 aromatic heterocycles. The van der Waals surface area contributed by atoms with Gasteiger partial charge in [0, 0.05) is 62.7 Å². The molecule has 1 aliphatic carbocycles. The van der Waals surface area contributed by atoms with E-state index in [1.807, 2.05) is 32.0 Å². The lowest BCUT2D eigenvalue weighted by molar-refractivity contribution is -0.145. The normalized spacial score (nSPS) is 20.2.